The summed E-state index contributed by atoms with van der Waals surface area (Å²) in [7, 11) is 0. The third kappa shape index (κ3) is 5.58. The largest absolute Gasteiger partial charge is 0.456 e. The first kappa shape index (κ1) is 36.6. The maximum atomic E-state index is 6.39. The molecule has 0 fully saturated rings. The Morgan fingerprint density at radius 3 is 1.14 bits per heavy atom. The molecule has 0 saturated heterocycles. The predicted octanol–water partition coefficient (Wildman–Crippen LogP) is 16.7. The minimum absolute atomic E-state index is 0.858. The Labute approximate surface area is 380 Å². The van der Waals surface area contributed by atoms with Crippen molar-refractivity contribution >= 4 is 76.4 Å². The Kier molecular flexibility index (Phi) is 7.95. The van der Waals surface area contributed by atoms with E-state index in [-0.39, 0.29) is 0 Å². The van der Waals surface area contributed by atoms with Crippen LogP contribution in [0.5, 0.6) is 0 Å². The van der Waals surface area contributed by atoms with E-state index in [0.29, 0.717) is 0 Å². The standard InChI is InChI=1S/C62H39N3O/c1-3-16-46(17-4-1)63-55-23-10-8-21-49(55)51-35-40(26-30-57(51)63)42-28-32-59-53(37-42)54-38-43(41-27-31-58-52(36-41)50-22-9-11-24-56(50)64(58)47-18-5-2-6-19-47)29-33-60(54)65(59)48-20-13-15-44(34-48)62-39-45-14-7-12-25-61(45)66-62/h1-39H. The summed E-state index contributed by atoms with van der Waals surface area (Å²) >= 11 is 0. The lowest BCUT2D eigenvalue weighted by molar-refractivity contribution is 0.631. The highest BCUT2D eigenvalue weighted by Gasteiger charge is 2.19. The highest BCUT2D eigenvalue weighted by Crippen LogP contribution is 2.42. The molecule has 4 heterocycles. The average Bonchev–Trinajstić information content (AvgIpc) is 4.14. The molecule has 0 aliphatic rings. The molecule has 0 unspecified atom stereocenters. The van der Waals surface area contributed by atoms with Crippen LogP contribution in [0.1, 0.15) is 0 Å². The number of nitrogens with zero attached hydrogens (tertiary/aromatic N) is 3. The summed E-state index contributed by atoms with van der Waals surface area (Å²) < 4.78 is 13.6. The van der Waals surface area contributed by atoms with Gasteiger partial charge in [-0.1, -0.05) is 127 Å². The first-order valence-corrected chi connectivity index (χ1v) is 22.6. The molecule has 0 radical (unpaired) electrons. The van der Waals surface area contributed by atoms with Crippen LogP contribution in [0.3, 0.4) is 0 Å². The van der Waals surface area contributed by atoms with Gasteiger partial charge in [0.1, 0.15) is 11.3 Å². The monoisotopic (exact) mass is 841 g/mol. The lowest BCUT2D eigenvalue weighted by Gasteiger charge is -2.11. The van der Waals surface area contributed by atoms with E-state index in [1.165, 1.54) is 76.6 Å². The lowest BCUT2D eigenvalue weighted by Crippen LogP contribution is -1.94. The normalized spacial score (nSPS) is 11.9. The van der Waals surface area contributed by atoms with Crippen LogP contribution >= 0.6 is 0 Å². The van der Waals surface area contributed by atoms with Gasteiger partial charge in [-0.15, -0.1) is 0 Å². The molecule has 66 heavy (non-hydrogen) atoms. The minimum atomic E-state index is 0.858. The van der Waals surface area contributed by atoms with Crippen molar-refractivity contribution in [3.63, 3.8) is 0 Å². The Balaban J connectivity index is 0.968. The SMILES string of the molecule is c1ccc(-n2c3ccccc3c3cc(-c4ccc5c(c4)c4cc(-c6ccc7c(c6)c6ccccc6n7-c6ccccc6)ccc4n5-c4cccc(-c5cc6ccccc6o5)c4)ccc32)cc1. The molecule has 0 bridgehead atoms. The number of aromatic nitrogens is 3. The van der Waals surface area contributed by atoms with E-state index in [9.17, 15) is 0 Å². The molecular formula is C62H39N3O. The average molecular weight is 842 g/mol. The Bertz CT molecular complexity index is 3970. The summed E-state index contributed by atoms with van der Waals surface area (Å²) in [5.41, 5.74) is 17.2. The molecule has 14 rings (SSSR count). The number of para-hydroxylation sites is 5. The lowest BCUT2D eigenvalue weighted by atomic mass is 9.98. The summed E-state index contributed by atoms with van der Waals surface area (Å²) in [6.07, 6.45) is 0. The Hall–Kier alpha value is -8.86. The molecule has 4 heteroatoms. The quantitative estimate of drug-likeness (QED) is 0.164. The van der Waals surface area contributed by atoms with Crippen LogP contribution in [0.4, 0.5) is 0 Å². The molecule has 4 aromatic heterocycles. The fourth-order valence-electron chi connectivity index (χ4n) is 10.6. The maximum absolute atomic E-state index is 6.39. The number of furan rings is 1. The zero-order chi connectivity index (χ0) is 43.3. The second-order valence-electron chi connectivity index (χ2n) is 17.3. The van der Waals surface area contributed by atoms with Crippen LogP contribution in [0.2, 0.25) is 0 Å². The minimum Gasteiger partial charge on any atom is -0.456 e. The molecule has 0 spiro atoms. The zero-order valence-electron chi connectivity index (χ0n) is 35.8. The van der Waals surface area contributed by atoms with E-state index in [1.54, 1.807) is 0 Å². The zero-order valence-corrected chi connectivity index (χ0v) is 35.8. The third-order valence-corrected chi connectivity index (χ3v) is 13.6. The number of fused-ring (bicyclic) bond motifs is 10. The Morgan fingerprint density at radius 1 is 0.242 bits per heavy atom. The molecule has 0 atom stereocenters. The number of hydrogen-bond acceptors (Lipinski definition) is 1. The van der Waals surface area contributed by atoms with Crippen LogP contribution < -0.4 is 0 Å². The van der Waals surface area contributed by atoms with Gasteiger partial charge in [0, 0.05) is 60.3 Å². The van der Waals surface area contributed by atoms with E-state index in [4.69, 9.17) is 4.42 Å². The summed E-state index contributed by atoms with van der Waals surface area (Å²) in [6, 6.07) is 85.8. The van der Waals surface area contributed by atoms with E-state index in [1.807, 2.05) is 12.1 Å². The van der Waals surface area contributed by atoms with Gasteiger partial charge in [-0.3, -0.25) is 0 Å². The van der Waals surface area contributed by atoms with Crippen molar-refractivity contribution in [2.75, 3.05) is 0 Å². The summed E-state index contributed by atoms with van der Waals surface area (Å²) in [4.78, 5) is 0. The topological polar surface area (TPSA) is 27.9 Å². The van der Waals surface area contributed by atoms with Crippen molar-refractivity contribution in [3.05, 3.63) is 237 Å². The van der Waals surface area contributed by atoms with Gasteiger partial charge in [-0.2, -0.15) is 0 Å². The van der Waals surface area contributed by atoms with E-state index < -0.39 is 0 Å². The van der Waals surface area contributed by atoms with Gasteiger partial charge in [-0.05, 0) is 131 Å². The summed E-state index contributed by atoms with van der Waals surface area (Å²) in [5.74, 6) is 0.858. The van der Waals surface area contributed by atoms with Gasteiger partial charge in [0.2, 0.25) is 0 Å². The molecule has 0 aliphatic carbocycles. The summed E-state index contributed by atoms with van der Waals surface area (Å²) in [6.45, 7) is 0. The van der Waals surface area contributed by atoms with Crippen LogP contribution in [0.15, 0.2) is 241 Å². The predicted molar refractivity (Wildman–Crippen MR) is 276 cm³/mol. The van der Waals surface area contributed by atoms with Crippen molar-refractivity contribution < 1.29 is 4.42 Å². The molecule has 0 amide bonds. The van der Waals surface area contributed by atoms with Gasteiger partial charge < -0.3 is 18.1 Å². The molecule has 10 aromatic carbocycles. The maximum Gasteiger partial charge on any atom is 0.135 e. The Morgan fingerprint density at radius 2 is 0.636 bits per heavy atom. The van der Waals surface area contributed by atoms with Gasteiger partial charge in [0.05, 0.1) is 33.1 Å². The van der Waals surface area contributed by atoms with Crippen LogP contribution in [-0.2, 0) is 0 Å². The smallest absolute Gasteiger partial charge is 0.135 e. The highest BCUT2D eigenvalue weighted by atomic mass is 16.3. The van der Waals surface area contributed by atoms with Crippen LogP contribution in [-0.4, -0.2) is 13.7 Å². The van der Waals surface area contributed by atoms with Gasteiger partial charge in [0.25, 0.3) is 0 Å². The second kappa shape index (κ2) is 14.3. The van der Waals surface area contributed by atoms with Gasteiger partial charge in [0.15, 0.2) is 0 Å². The molecule has 4 nitrogen and oxygen atoms in total. The van der Waals surface area contributed by atoms with Crippen molar-refractivity contribution in [3.8, 4) is 50.6 Å². The first-order valence-electron chi connectivity index (χ1n) is 22.6. The van der Waals surface area contributed by atoms with Gasteiger partial charge in [-0.25, -0.2) is 0 Å². The molecule has 0 saturated carbocycles. The van der Waals surface area contributed by atoms with Crippen LogP contribution in [0, 0.1) is 0 Å². The third-order valence-electron chi connectivity index (χ3n) is 13.6. The highest BCUT2D eigenvalue weighted by molar-refractivity contribution is 6.14. The molecular weight excluding hydrogens is 803 g/mol. The number of rotatable bonds is 6. The number of hydrogen-bond donors (Lipinski definition) is 0. The van der Waals surface area contributed by atoms with Crippen LogP contribution in [0.25, 0.3) is 127 Å². The summed E-state index contributed by atoms with van der Waals surface area (Å²) in [5, 5.41) is 8.47. The van der Waals surface area contributed by atoms with Crippen molar-refractivity contribution in [1.82, 2.24) is 13.7 Å². The molecule has 14 aromatic rings. The van der Waals surface area contributed by atoms with Crippen molar-refractivity contribution in [2.24, 2.45) is 0 Å². The second-order valence-corrected chi connectivity index (χ2v) is 17.3. The fourth-order valence-corrected chi connectivity index (χ4v) is 10.6. The fraction of sp³-hybridized carbons (Fsp3) is 0. The molecule has 308 valence electrons. The van der Waals surface area contributed by atoms with Crippen molar-refractivity contribution in [2.45, 2.75) is 0 Å². The van der Waals surface area contributed by atoms with E-state index in [0.717, 1.165) is 50.4 Å². The molecule has 0 N–H and O–H groups in total. The van der Waals surface area contributed by atoms with Gasteiger partial charge >= 0.3 is 0 Å². The number of benzene rings is 10. The van der Waals surface area contributed by atoms with E-state index in [2.05, 4.69) is 238 Å². The van der Waals surface area contributed by atoms with Crippen molar-refractivity contribution in [1.29, 1.82) is 0 Å². The molecule has 0 aliphatic heterocycles. The van der Waals surface area contributed by atoms with E-state index >= 15 is 0 Å². The first-order chi connectivity index (χ1) is 32.7.